The predicted octanol–water partition coefficient (Wildman–Crippen LogP) is 2.36. The molecule has 0 saturated carbocycles. The predicted molar refractivity (Wildman–Crippen MR) is 109 cm³/mol. The molecule has 2 aromatic carbocycles. The zero-order chi connectivity index (χ0) is 20.2. The molecular formula is C20H21N5O3S. The molecule has 0 saturated heterocycles. The van der Waals surface area contributed by atoms with Gasteiger partial charge in [-0.1, -0.05) is 30.0 Å². The van der Waals surface area contributed by atoms with Gasteiger partial charge in [-0.15, -0.1) is 5.10 Å². The molecule has 0 spiro atoms. The third-order valence-electron chi connectivity index (χ3n) is 4.84. The van der Waals surface area contributed by atoms with Gasteiger partial charge < -0.3 is 14.4 Å². The Kier molecular flexibility index (Phi) is 5.66. The molecule has 1 aliphatic rings. The zero-order valence-electron chi connectivity index (χ0n) is 16.2. The van der Waals surface area contributed by atoms with Crippen LogP contribution in [0.25, 0.3) is 5.69 Å². The summed E-state index contributed by atoms with van der Waals surface area (Å²) in [4.78, 5) is 14.7. The Morgan fingerprint density at radius 2 is 1.83 bits per heavy atom. The van der Waals surface area contributed by atoms with E-state index in [0.717, 1.165) is 17.7 Å². The van der Waals surface area contributed by atoms with Gasteiger partial charge in [-0.05, 0) is 52.2 Å². The van der Waals surface area contributed by atoms with E-state index in [1.54, 1.807) is 18.9 Å². The molecule has 8 nitrogen and oxygen atoms in total. The Balaban J connectivity index is 1.43. The van der Waals surface area contributed by atoms with Crippen molar-refractivity contribution in [3.63, 3.8) is 0 Å². The lowest BCUT2D eigenvalue weighted by Gasteiger charge is -2.29. The van der Waals surface area contributed by atoms with Gasteiger partial charge >= 0.3 is 0 Å². The van der Waals surface area contributed by atoms with E-state index in [-0.39, 0.29) is 11.7 Å². The lowest BCUT2D eigenvalue weighted by Crippen LogP contribution is -2.37. The molecule has 0 bridgehead atoms. The molecule has 0 radical (unpaired) electrons. The average Bonchev–Trinajstić information content (AvgIpc) is 3.25. The maximum absolute atomic E-state index is 12.8. The van der Waals surface area contributed by atoms with Gasteiger partial charge in [0.2, 0.25) is 11.1 Å². The maximum atomic E-state index is 12.8. The summed E-state index contributed by atoms with van der Waals surface area (Å²) in [6, 6.07) is 13.6. The number of thioether (sulfide) groups is 1. The molecule has 4 rings (SSSR count). The van der Waals surface area contributed by atoms with Gasteiger partial charge in [-0.2, -0.15) is 4.68 Å². The number of hydrogen-bond donors (Lipinski definition) is 0. The standard InChI is InChI=1S/C20H21N5O3S/c1-27-17-10-14-8-9-24(12-15(14)11-18(17)28-2)19(26)13-29-20-21-22-23-25(20)16-6-4-3-5-7-16/h3-7,10-11H,8-9,12-13H2,1-2H3. The van der Waals surface area contributed by atoms with Crippen molar-refractivity contribution < 1.29 is 14.3 Å². The summed E-state index contributed by atoms with van der Waals surface area (Å²) < 4.78 is 12.4. The molecule has 9 heteroatoms. The van der Waals surface area contributed by atoms with E-state index in [1.165, 1.54) is 17.3 Å². The highest BCUT2D eigenvalue weighted by Gasteiger charge is 2.23. The zero-order valence-corrected chi connectivity index (χ0v) is 17.1. The van der Waals surface area contributed by atoms with Gasteiger partial charge in [0.1, 0.15) is 0 Å². The monoisotopic (exact) mass is 411 g/mol. The topological polar surface area (TPSA) is 82.4 Å². The molecule has 1 aromatic heterocycles. The van der Waals surface area contributed by atoms with Crippen LogP contribution in [0, 0.1) is 0 Å². The van der Waals surface area contributed by atoms with E-state index >= 15 is 0 Å². The number of benzene rings is 2. The van der Waals surface area contributed by atoms with Crippen LogP contribution in [-0.4, -0.2) is 57.5 Å². The van der Waals surface area contributed by atoms with E-state index < -0.39 is 0 Å². The van der Waals surface area contributed by atoms with Crippen molar-refractivity contribution in [3.05, 3.63) is 53.6 Å². The summed E-state index contributed by atoms with van der Waals surface area (Å²) in [5.74, 6) is 1.72. The highest BCUT2D eigenvalue weighted by Crippen LogP contribution is 2.33. The second-order valence-electron chi connectivity index (χ2n) is 6.54. The quantitative estimate of drug-likeness (QED) is 0.576. The average molecular weight is 411 g/mol. The minimum absolute atomic E-state index is 0.0537. The molecule has 29 heavy (non-hydrogen) atoms. The Morgan fingerprint density at radius 3 is 2.55 bits per heavy atom. The highest BCUT2D eigenvalue weighted by atomic mass is 32.2. The van der Waals surface area contributed by atoms with Crippen LogP contribution < -0.4 is 9.47 Å². The Morgan fingerprint density at radius 1 is 1.10 bits per heavy atom. The van der Waals surface area contributed by atoms with Crippen LogP contribution in [0.5, 0.6) is 11.5 Å². The molecule has 0 unspecified atom stereocenters. The molecule has 2 heterocycles. The number of aromatic nitrogens is 4. The number of tetrazole rings is 1. The number of fused-ring (bicyclic) bond motifs is 1. The third-order valence-corrected chi connectivity index (χ3v) is 5.74. The second-order valence-corrected chi connectivity index (χ2v) is 7.48. The van der Waals surface area contributed by atoms with E-state index in [0.29, 0.717) is 29.7 Å². The van der Waals surface area contributed by atoms with Gasteiger partial charge in [-0.3, -0.25) is 4.79 Å². The number of rotatable bonds is 6. The van der Waals surface area contributed by atoms with Crippen LogP contribution in [-0.2, 0) is 17.8 Å². The van der Waals surface area contributed by atoms with Crippen molar-refractivity contribution in [2.45, 2.75) is 18.1 Å². The number of carbonyl (C=O) groups is 1. The highest BCUT2D eigenvalue weighted by molar-refractivity contribution is 7.99. The number of nitrogens with zero attached hydrogens (tertiary/aromatic N) is 5. The largest absolute Gasteiger partial charge is 0.493 e. The first-order valence-electron chi connectivity index (χ1n) is 9.17. The van der Waals surface area contributed by atoms with E-state index in [1.807, 2.05) is 47.4 Å². The fourth-order valence-corrected chi connectivity index (χ4v) is 4.11. The lowest BCUT2D eigenvalue weighted by atomic mass is 9.99. The van der Waals surface area contributed by atoms with Gasteiger partial charge in [0.15, 0.2) is 11.5 Å². The fourth-order valence-electron chi connectivity index (χ4n) is 3.31. The second kappa shape index (κ2) is 8.52. The van der Waals surface area contributed by atoms with Gasteiger partial charge in [0.25, 0.3) is 0 Å². The summed E-state index contributed by atoms with van der Waals surface area (Å²) in [7, 11) is 3.24. The molecule has 0 fully saturated rings. The van der Waals surface area contributed by atoms with Crippen molar-refractivity contribution in [2.75, 3.05) is 26.5 Å². The maximum Gasteiger partial charge on any atom is 0.233 e. The van der Waals surface area contributed by atoms with Crippen LogP contribution in [0.15, 0.2) is 47.6 Å². The fraction of sp³-hybridized carbons (Fsp3) is 0.300. The summed E-state index contributed by atoms with van der Waals surface area (Å²) in [6.07, 6.45) is 0.786. The van der Waals surface area contributed by atoms with Crippen molar-refractivity contribution in [2.24, 2.45) is 0 Å². The number of ether oxygens (including phenoxy) is 2. The SMILES string of the molecule is COc1cc2c(cc1OC)CN(C(=O)CSc1nnnn1-c1ccccc1)CC2. The van der Waals surface area contributed by atoms with Gasteiger partial charge in [0.05, 0.1) is 25.7 Å². The Hall–Kier alpha value is -3.07. The van der Waals surface area contributed by atoms with Crippen molar-refractivity contribution in [1.82, 2.24) is 25.1 Å². The molecule has 1 aliphatic heterocycles. The summed E-state index contributed by atoms with van der Waals surface area (Å²) in [5, 5.41) is 12.4. The van der Waals surface area contributed by atoms with Crippen LogP contribution >= 0.6 is 11.8 Å². The number of hydrogen-bond acceptors (Lipinski definition) is 7. The van der Waals surface area contributed by atoms with Crippen LogP contribution in [0.2, 0.25) is 0 Å². The molecular weight excluding hydrogens is 390 g/mol. The molecule has 0 aliphatic carbocycles. The first-order chi connectivity index (χ1) is 14.2. The molecule has 0 atom stereocenters. The summed E-state index contributed by atoms with van der Waals surface area (Å²) >= 11 is 1.34. The number of para-hydroxylation sites is 1. The molecule has 1 amide bonds. The number of amides is 1. The Labute approximate surface area is 172 Å². The van der Waals surface area contributed by atoms with E-state index in [2.05, 4.69) is 15.5 Å². The minimum atomic E-state index is 0.0537. The normalized spacial score (nSPS) is 13.1. The van der Waals surface area contributed by atoms with E-state index in [9.17, 15) is 4.79 Å². The van der Waals surface area contributed by atoms with Gasteiger partial charge in [0, 0.05) is 13.1 Å². The molecule has 3 aromatic rings. The van der Waals surface area contributed by atoms with Crippen LogP contribution in [0.1, 0.15) is 11.1 Å². The van der Waals surface area contributed by atoms with E-state index in [4.69, 9.17) is 9.47 Å². The van der Waals surface area contributed by atoms with Crippen LogP contribution in [0.3, 0.4) is 0 Å². The lowest BCUT2D eigenvalue weighted by molar-refractivity contribution is -0.129. The number of carbonyl (C=O) groups excluding carboxylic acids is 1. The summed E-state index contributed by atoms with van der Waals surface area (Å²) in [6.45, 7) is 1.23. The molecule has 150 valence electrons. The van der Waals surface area contributed by atoms with Gasteiger partial charge in [-0.25, -0.2) is 0 Å². The number of methoxy groups -OCH3 is 2. The summed E-state index contributed by atoms with van der Waals surface area (Å²) in [5.41, 5.74) is 3.13. The minimum Gasteiger partial charge on any atom is -0.493 e. The first kappa shape index (κ1) is 19.3. The van der Waals surface area contributed by atoms with Crippen molar-refractivity contribution in [3.8, 4) is 17.2 Å². The molecule has 0 N–H and O–H groups in total. The van der Waals surface area contributed by atoms with Crippen LogP contribution in [0.4, 0.5) is 0 Å². The first-order valence-corrected chi connectivity index (χ1v) is 10.2. The van der Waals surface area contributed by atoms with Crippen molar-refractivity contribution >= 4 is 17.7 Å². The van der Waals surface area contributed by atoms with Crippen molar-refractivity contribution in [1.29, 1.82) is 0 Å². The third kappa shape index (κ3) is 4.04. The Bertz CT molecular complexity index is 1010. The smallest absolute Gasteiger partial charge is 0.233 e.